The van der Waals surface area contributed by atoms with Gasteiger partial charge in [-0.3, -0.25) is 4.79 Å². The number of aromatic nitrogens is 2. The van der Waals surface area contributed by atoms with E-state index in [1.807, 2.05) is 12.1 Å². The Balaban J connectivity index is 1.71. The molecule has 1 aliphatic carbocycles. The van der Waals surface area contributed by atoms with E-state index in [1.165, 1.54) is 12.4 Å². The summed E-state index contributed by atoms with van der Waals surface area (Å²) in [5.41, 5.74) is 2.45. The number of nitrogens with one attached hydrogen (secondary N) is 1. The SMILES string of the molecule is O=C1CCCc2ccc(NCc3nccn3CC(F)(F)F)cc21. The molecule has 0 fully saturated rings. The molecule has 0 atom stereocenters. The number of imidazole rings is 1. The van der Waals surface area contributed by atoms with Crippen molar-refractivity contribution in [1.82, 2.24) is 9.55 Å². The van der Waals surface area contributed by atoms with Gasteiger partial charge < -0.3 is 9.88 Å². The summed E-state index contributed by atoms with van der Waals surface area (Å²) < 4.78 is 38.5. The van der Waals surface area contributed by atoms with Crippen LogP contribution in [0.25, 0.3) is 0 Å². The van der Waals surface area contributed by atoms with Gasteiger partial charge in [0.2, 0.25) is 0 Å². The van der Waals surface area contributed by atoms with Crippen molar-refractivity contribution in [3.05, 3.63) is 47.5 Å². The average molecular weight is 323 g/mol. The summed E-state index contributed by atoms with van der Waals surface area (Å²) in [6.45, 7) is -0.900. The van der Waals surface area contributed by atoms with Crippen LogP contribution in [0.2, 0.25) is 0 Å². The molecule has 0 aliphatic heterocycles. The molecule has 0 saturated carbocycles. The highest BCUT2D eigenvalue weighted by Gasteiger charge is 2.28. The quantitative estimate of drug-likeness (QED) is 0.935. The molecule has 0 spiro atoms. The van der Waals surface area contributed by atoms with E-state index in [9.17, 15) is 18.0 Å². The van der Waals surface area contributed by atoms with Gasteiger partial charge in [-0.05, 0) is 30.5 Å². The van der Waals surface area contributed by atoms with Gasteiger partial charge in [-0.15, -0.1) is 0 Å². The number of hydrogen-bond acceptors (Lipinski definition) is 3. The smallest absolute Gasteiger partial charge is 0.378 e. The van der Waals surface area contributed by atoms with Crippen LogP contribution in [-0.4, -0.2) is 21.5 Å². The molecule has 0 amide bonds. The van der Waals surface area contributed by atoms with Crippen LogP contribution in [0.4, 0.5) is 18.9 Å². The van der Waals surface area contributed by atoms with Gasteiger partial charge >= 0.3 is 6.18 Å². The van der Waals surface area contributed by atoms with Crippen molar-refractivity contribution < 1.29 is 18.0 Å². The Morgan fingerprint density at radius 2 is 2.09 bits per heavy atom. The Hall–Kier alpha value is -2.31. The average Bonchev–Trinajstić information content (AvgIpc) is 2.91. The fourth-order valence-corrected chi connectivity index (χ4v) is 2.76. The molecule has 0 radical (unpaired) electrons. The molecule has 1 heterocycles. The highest BCUT2D eigenvalue weighted by atomic mass is 19.4. The molecule has 3 rings (SSSR count). The fraction of sp³-hybridized carbons (Fsp3) is 0.375. The third-order valence-electron chi connectivity index (χ3n) is 3.86. The van der Waals surface area contributed by atoms with E-state index in [2.05, 4.69) is 10.3 Å². The molecule has 0 bridgehead atoms. The zero-order valence-corrected chi connectivity index (χ0v) is 12.4. The summed E-state index contributed by atoms with van der Waals surface area (Å²) in [4.78, 5) is 15.9. The Kier molecular flexibility index (Phi) is 4.11. The number of carbonyl (C=O) groups excluding carboxylic acids is 1. The summed E-state index contributed by atoms with van der Waals surface area (Å²) in [6, 6.07) is 5.51. The van der Waals surface area contributed by atoms with Crippen LogP contribution in [-0.2, 0) is 19.5 Å². The number of benzene rings is 1. The second kappa shape index (κ2) is 6.06. The molecule has 0 unspecified atom stereocenters. The second-order valence-corrected chi connectivity index (χ2v) is 5.59. The first-order chi connectivity index (χ1) is 10.9. The Bertz CT molecular complexity index is 722. The van der Waals surface area contributed by atoms with Crippen LogP contribution in [0.1, 0.15) is 34.6 Å². The van der Waals surface area contributed by atoms with Gasteiger partial charge in [0, 0.05) is 30.1 Å². The van der Waals surface area contributed by atoms with Crippen molar-refractivity contribution in [3.8, 4) is 0 Å². The number of carbonyl (C=O) groups is 1. The van der Waals surface area contributed by atoms with Crippen molar-refractivity contribution in [3.63, 3.8) is 0 Å². The number of rotatable bonds is 4. The summed E-state index contributed by atoms with van der Waals surface area (Å²) in [6.07, 6.45) is 0.672. The summed E-state index contributed by atoms with van der Waals surface area (Å²) in [5.74, 6) is 0.417. The summed E-state index contributed by atoms with van der Waals surface area (Å²) in [7, 11) is 0. The highest BCUT2D eigenvalue weighted by molar-refractivity contribution is 5.99. The number of halogens is 3. The van der Waals surface area contributed by atoms with Gasteiger partial charge in [0.1, 0.15) is 12.4 Å². The van der Waals surface area contributed by atoms with Crippen LogP contribution < -0.4 is 5.32 Å². The number of ketones is 1. The van der Waals surface area contributed by atoms with E-state index < -0.39 is 12.7 Å². The predicted molar refractivity (Wildman–Crippen MR) is 79.3 cm³/mol. The molecule has 1 N–H and O–H groups in total. The minimum absolute atomic E-state index is 0.119. The van der Waals surface area contributed by atoms with E-state index >= 15 is 0 Å². The lowest BCUT2D eigenvalue weighted by molar-refractivity contribution is -0.141. The zero-order valence-electron chi connectivity index (χ0n) is 12.4. The molecule has 4 nitrogen and oxygen atoms in total. The predicted octanol–water partition coefficient (Wildman–Crippen LogP) is 3.58. The van der Waals surface area contributed by atoms with Crippen LogP contribution in [0.5, 0.6) is 0 Å². The monoisotopic (exact) mass is 323 g/mol. The summed E-state index contributed by atoms with van der Waals surface area (Å²) in [5, 5.41) is 3.04. The maximum Gasteiger partial charge on any atom is 0.406 e. The molecule has 2 aromatic rings. The summed E-state index contributed by atoms with van der Waals surface area (Å²) >= 11 is 0. The van der Waals surface area contributed by atoms with Gasteiger partial charge in [-0.1, -0.05) is 6.07 Å². The van der Waals surface area contributed by atoms with Crippen LogP contribution >= 0.6 is 0 Å². The molecule has 7 heteroatoms. The molecular weight excluding hydrogens is 307 g/mol. The van der Waals surface area contributed by atoms with E-state index in [0.29, 0.717) is 23.5 Å². The molecule has 0 saturated heterocycles. The number of anilines is 1. The minimum atomic E-state index is -4.28. The van der Waals surface area contributed by atoms with Gasteiger partial charge in [0.25, 0.3) is 0 Å². The number of alkyl halides is 3. The Labute approximate surface area is 131 Å². The van der Waals surface area contributed by atoms with Crippen LogP contribution in [0.15, 0.2) is 30.6 Å². The molecule has 1 aromatic carbocycles. The molecule has 1 aliphatic rings. The van der Waals surface area contributed by atoms with Gasteiger partial charge in [0.05, 0.1) is 6.54 Å². The standard InChI is InChI=1S/C16H16F3N3O/c17-16(18,19)10-22-7-6-20-15(22)9-21-12-5-4-11-2-1-3-14(23)13(11)8-12/h4-8,21H,1-3,9-10H2. The van der Waals surface area contributed by atoms with Crippen molar-refractivity contribution in [2.24, 2.45) is 0 Å². The van der Waals surface area contributed by atoms with Crippen LogP contribution in [0, 0.1) is 0 Å². The minimum Gasteiger partial charge on any atom is -0.378 e. The second-order valence-electron chi connectivity index (χ2n) is 5.59. The molecule has 23 heavy (non-hydrogen) atoms. The number of aryl methyl sites for hydroxylation is 1. The van der Waals surface area contributed by atoms with Crippen molar-refractivity contribution in [1.29, 1.82) is 0 Å². The fourth-order valence-electron chi connectivity index (χ4n) is 2.76. The Morgan fingerprint density at radius 3 is 2.87 bits per heavy atom. The molecular formula is C16H16F3N3O. The van der Waals surface area contributed by atoms with E-state index in [-0.39, 0.29) is 12.3 Å². The van der Waals surface area contributed by atoms with Crippen molar-refractivity contribution in [2.45, 2.75) is 38.5 Å². The van der Waals surface area contributed by atoms with Gasteiger partial charge in [0.15, 0.2) is 5.78 Å². The van der Waals surface area contributed by atoms with Crippen molar-refractivity contribution in [2.75, 3.05) is 5.32 Å². The topological polar surface area (TPSA) is 46.9 Å². The lowest BCUT2D eigenvalue weighted by atomic mass is 9.90. The van der Waals surface area contributed by atoms with E-state index in [1.54, 1.807) is 6.07 Å². The van der Waals surface area contributed by atoms with Crippen molar-refractivity contribution >= 4 is 11.5 Å². The third kappa shape index (κ3) is 3.72. The van der Waals surface area contributed by atoms with Gasteiger partial charge in [-0.25, -0.2) is 4.98 Å². The highest BCUT2D eigenvalue weighted by Crippen LogP contribution is 2.25. The molecule has 1 aromatic heterocycles. The van der Waals surface area contributed by atoms with E-state index in [0.717, 1.165) is 23.0 Å². The number of Topliss-reactive ketones (excluding diaryl/α,β-unsaturated/α-hetero) is 1. The lowest BCUT2D eigenvalue weighted by Crippen LogP contribution is -2.20. The number of hydrogen-bond donors (Lipinski definition) is 1. The first-order valence-electron chi connectivity index (χ1n) is 7.39. The normalized spacial score (nSPS) is 14.7. The number of nitrogens with zero attached hydrogens (tertiary/aromatic N) is 2. The maximum absolute atomic E-state index is 12.5. The van der Waals surface area contributed by atoms with Crippen LogP contribution in [0.3, 0.4) is 0 Å². The first-order valence-corrected chi connectivity index (χ1v) is 7.39. The van der Waals surface area contributed by atoms with E-state index in [4.69, 9.17) is 0 Å². The zero-order chi connectivity index (χ0) is 16.4. The first kappa shape index (κ1) is 15.6. The number of fused-ring (bicyclic) bond motifs is 1. The molecule has 122 valence electrons. The maximum atomic E-state index is 12.5. The third-order valence-corrected chi connectivity index (χ3v) is 3.86. The largest absolute Gasteiger partial charge is 0.406 e. The lowest BCUT2D eigenvalue weighted by Gasteiger charge is -2.16. The Morgan fingerprint density at radius 1 is 1.26 bits per heavy atom. The van der Waals surface area contributed by atoms with Gasteiger partial charge in [-0.2, -0.15) is 13.2 Å².